The van der Waals surface area contributed by atoms with E-state index in [4.69, 9.17) is 4.74 Å². The Bertz CT molecular complexity index is 573. The van der Waals surface area contributed by atoms with Gasteiger partial charge in [0.15, 0.2) is 0 Å². The summed E-state index contributed by atoms with van der Waals surface area (Å²) in [6.45, 7) is 3.72. The number of nitrogens with one attached hydrogen (secondary N) is 1. The van der Waals surface area contributed by atoms with Crippen LogP contribution in [-0.4, -0.2) is 50.0 Å². The largest absolute Gasteiger partial charge is 0.391 e. The monoisotopic (exact) mass is 344 g/mol. The average molecular weight is 344 g/mol. The highest BCUT2D eigenvalue weighted by Crippen LogP contribution is 2.27. The first-order valence-corrected chi connectivity index (χ1v) is 9.29. The maximum absolute atomic E-state index is 11.9. The third-order valence-corrected chi connectivity index (χ3v) is 5.13. The maximum Gasteiger partial charge on any atom is 0.244 e. The highest BCUT2D eigenvalue weighted by atomic mass is 16.5. The number of morpholine rings is 1. The topological polar surface area (TPSA) is 61.8 Å². The minimum atomic E-state index is -0.423. The van der Waals surface area contributed by atoms with Gasteiger partial charge in [0.2, 0.25) is 5.91 Å². The molecule has 1 aliphatic heterocycles. The predicted octanol–water partition coefficient (Wildman–Crippen LogP) is 2.20. The van der Waals surface area contributed by atoms with Crippen molar-refractivity contribution >= 4 is 17.7 Å². The van der Waals surface area contributed by atoms with Crippen LogP contribution in [0.2, 0.25) is 0 Å². The molecule has 1 unspecified atom stereocenters. The maximum atomic E-state index is 11.9. The number of aliphatic hydroxyl groups is 1. The molecule has 1 atom stereocenters. The van der Waals surface area contributed by atoms with Gasteiger partial charge in [-0.2, -0.15) is 0 Å². The molecule has 0 spiro atoms. The van der Waals surface area contributed by atoms with E-state index in [1.54, 1.807) is 6.08 Å². The van der Waals surface area contributed by atoms with Gasteiger partial charge in [-0.1, -0.05) is 25.0 Å². The van der Waals surface area contributed by atoms with Crippen LogP contribution in [0.25, 0.3) is 6.08 Å². The molecule has 5 nitrogen and oxygen atoms in total. The number of amides is 1. The predicted molar refractivity (Wildman–Crippen MR) is 99.5 cm³/mol. The molecular weight excluding hydrogens is 316 g/mol. The number of hydrogen-bond donors (Lipinski definition) is 2. The molecule has 1 saturated heterocycles. The quantitative estimate of drug-likeness (QED) is 0.777. The third kappa shape index (κ3) is 5.31. The number of aliphatic hydroxyl groups excluding tert-OH is 1. The molecule has 1 amide bonds. The van der Waals surface area contributed by atoms with Gasteiger partial charge in [-0.05, 0) is 42.5 Å². The molecule has 1 aromatic rings. The van der Waals surface area contributed by atoms with E-state index in [1.807, 2.05) is 12.1 Å². The van der Waals surface area contributed by atoms with Crippen molar-refractivity contribution in [2.45, 2.75) is 31.8 Å². The molecule has 0 radical (unpaired) electrons. The van der Waals surface area contributed by atoms with E-state index >= 15 is 0 Å². The van der Waals surface area contributed by atoms with E-state index in [-0.39, 0.29) is 5.91 Å². The Kier molecular flexibility index (Phi) is 6.48. The first-order chi connectivity index (χ1) is 12.2. The van der Waals surface area contributed by atoms with Crippen molar-refractivity contribution in [3.05, 3.63) is 35.9 Å². The van der Waals surface area contributed by atoms with E-state index in [0.717, 1.165) is 44.7 Å². The highest BCUT2D eigenvalue weighted by Gasteiger charge is 2.23. The molecular formula is C20H28N2O3. The number of benzene rings is 1. The lowest BCUT2D eigenvalue weighted by Crippen LogP contribution is -2.36. The number of carbonyl (C=O) groups is 1. The molecule has 136 valence electrons. The zero-order valence-electron chi connectivity index (χ0n) is 14.7. The smallest absolute Gasteiger partial charge is 0.244 e. The minimum absolute atomic E-state index is 0.158. The highest BCUT2D eigenvalue weighted by molar-refractivity contribution is 5.91. The van der Waals surface area contributed by atoms with Crippen LogP contribution in [0.4, 0.5) is 5.69 Å². The fourth-order valence-corrected chi connectivity index (χ4v) is 3.56. The number of hydrogen-bond acceptors (Lipinski definition) is 4. The van der Waals surface area contributed by atoms with Gasteiger partial charge in [0.05, 0.1) is 19.3 Å². The van der Waals surface area contributed by atoms with E-state index in [9.17, 15) is 9.90 Å². The molecule has 2 N–H and O–H groups in total. The molecule has 1 saturated carbocycles. The molecule has 2 fully saturated rings. The van der Waals surface area contributed by atoms with Crippen molar-refractivity contribution in [3.8, 4) is 0 Å². The van der Waals surface area contributed by atoms with Gasteiger partial charge in [-0.15, -0.1) is 0 Å². The molecule has 0 bridgehead atoms. The summed E-state index contributed by atoms with van der Waals surface area (Å²) in [5.41, 5.74) is 2.17. The fraction of sp³-hybridized carbons (Fsp3) is 0.550. The standard InChI is InChI=1S/C20H28N2O3/c23-19(17-3-1-2-4-17)15-21-20(24)10-7-16-5-8-18(9-6-16)22-11-13-25-14-12-22/h5-10,17,19,23H,1-4,11-15H2,(H,21,24)/b10-7+. The summed E-state index contributed by atoms with van der Waals surface area (Å²) in [7, 11) is 0. The van der Waals surface area contributed by atoms with E-state index in [2.05, 4.69) is 22.3 Å². The lowest BCUT2D eigenvalue weighted by atomic mass is 10.0. The summed E-state index contributed by atoms with van der Waals surface area (Å²) < 4.78 is 5.37. The zero-order chi connectivity index (χ0) is 17.5. The lowest BCUT2D eigenvalue weighted by Gasteiger charge is -2.28. The Morgan fingerprint density at radius 3 is 2.60 bits per heavy atom. The van der Waals surface area contributed by atoms with Crippen LogP contribution >= 0.6 is 0 Å². The Morgan fingerprint density at radius 1 is 1.24 bits per heavy atom. The fourth-order valence-electron chi connectivity index (χ4n) is 3.56. The molecule has 0 aromatic heterocycles. The van der Waals surface area contributed by atoms with Crippen LogP contribution in [0.15, 0.2) is 30.3 Å². The SMILES string of the molecule is O=C(/C=C/c1ccc(N2CCOCC2)cc1)NCC(O)C1CCCC1. The number of carbonyl (C=O) groups excluding carboxylic acids is 1. The average Bonchev–Trinajstić information content (AvgIpc) is 3.20. The first kappa shape index (κ1) is 18.0. The molecule has 1 aliphatic carbocycles. The van der Waals surface area contributed by atoms with Gasteiger partial charge in [0.25, 0.3) is 0 Å². The van der Waals surface area contributed by atoms with Crippen molar-refractivity contribution in [2.24, 2.45) is 5.92 Å². The van der Waals surface area contributed by atoms with Gasteiger partial charge < -0.3 is 20.1 Å². The number of anilines is 1. The second-order valence-electron chi connectivity index (χ2n) is 6.88. The van der Waals surface area contributed by atoms with Crippen LogP contribution < -0.4 is 10.2 Å². The molecule has 5 heteroatoms. The Hall–Kier alpha value is -1.85. The molecule has 1 aromatic carbocycles. The van der Waals surface area contributed by atoms with Crippen molar-refractivity contribution in [1.29, 1.82) is 0 Å². The van der Waals surface area contributed by atoms with Crippen LogP contribution in [0.1, 0.15) is 31.2 Å². The summed E-state index contributed by atoms with van der Waals surface area (Å²) in [5, 5.41) is 12.9. The Balaban J connectivity index is 1.45. The third-order valence-electron chi connectivity index (χ3n) is 5.13. The van der Waals surface area contributed by atoms with Gasteiger partial charge in [-0.3, -0.25) is 4.79 Å². The second kappa shape index (κ2) is 9.02. The first-order valence-electron chi connectivity index (χ1n) is 9.29. The summed E-state index contributed by atoms with van der Waals surface area (Å²) in [6, 6.07) is 8.18. The molecule has 2 aliphatic rings. The summed E-state index contributed by atoms with van der Waals surface area (Å²) in [5.74, 6) is 0.186. The van der Waals surface area contributed by atoms with Gasteiger partial charge >= 0.3 is 0 Å². The minimum Gasteiger partial charge on any atom is -0.391 e. The summed E-state index contributed by atoms with van der Waals surface area (Å²) in [4.78, 5) is 14.2. The number of nitrogens with zero attached hydrogens (tertiary/aromatic N) is 1. The van der Waals surface area contributed by atoms with E-state index < -0.39 is 6.10 Å². The molecule has 3 rings (SSSR count). The van der Waals surface area contributed by atoms with E-state index in [0.29, 0.717) is 12.5 Å². The zero-order valence-corrected chi connectivity index (χ0v) is 14.7. The second-order valence-corrected chi connectivity index (χ2v) is 6.88. The van der Waals surface area contributed by atoms with Crippen LogP contribution in [-0.2, 0) is 9.53 Å². The number of rotatable bonds is 6. The van der Waals surface area contributed by atoms with Crippen molar-refractivity contribution in [1.82, 2.24) is 5.32 Å². The van der Waals surface area contributed by atoms with E-state index in [1.165, 1.54) is 24.6 Å². The number of ether oxygens (including phenoxy) is 1. The van der Waals surface area contributed by atoms with Crippen LogP contribution in [0, 0.1) is 5.92 Å². The van der Waals surface area contributed by atoms with Gasteiger partial charge in [0.1, 0.15) is 0 Å². The van der Waals surface area contributed by atoms with Crippen molar-refractivity contribution in [2.75, 3.05) is 37.7 Å². The molecule has 1 heterocycles. The van der Waals surface area contributed by atoms with Crippen molar-refractivity contribution in [3.63, 3.8) is 0 Å². The summed E-state index contributed by atoms with van der Waals surface area (Å²) >= 11 is 0. The van der Waals surface area contributed by atoms with Crippen molar-refractivity contribution < 1.29 is 14.6 Å². The Morgan fingerprint density at radius 2 is 1.92 bits per heavy atom. The van der Waals surface area contributed by atoms with Crippen LogP contribution in [0.3, 0.4) is 0 Å². The van der Waals surface area contributed by atoms with Crippen LogP contribution in [0.5, 0.6) is 0 Å². The van der Waals surface area contributed by atoms with Gasteiger partial charge in [0, 0.05) is 31.4 Å². The van der Waals surface area contributed by atoms with Gasteiger partial charge in [-0.25, -0.2) is 0 Å². The summed E-state index contributed by atoms with van der Waals surface area (Å²) in [6.07, 6.45) is 7.44. The normalized spacial score (nSPS) is 20.1. The Labute approximate surface area is 149 Å². The molecule has 25 heavy (non-hydrogen) atoms. The lowest BCUT2D eigenvalue weighted by molar-refractivity contribution is -0.117.